The second-order valence-corrected chi connectivity index (χ2v) is 10.6. The van der Waals surface area contributed by atoms with E-state index in [1.54, 1.807) is 24.5 Å². The van der Waals surface area contributed by atoms with E-state index >= 15 is 0 Å². The minimum absolute atomic E-state index is 0. The Morgan fingerprint density at radius 1 is 0.667 bits per heavy atom. The van der Waals surface area contributed by atoms with Gasteiger partial charge in [0.15, 0.2) is 0 Å². The number of nitrogens with zero attached hydrogens (tertiary/aromatic N) is 6. The van der Waals surface area contributed by atoms with Crippen LogP contribution >= 0.6 is 0 Å². The molecule has 14 heteroatoms. The Kier molecular flexibility index (Phi) is 13.6. The quantitative estimate of drug-likeness (QED) is 0.281. The summed E-state index contributed by atoms with van der Waals surface area (Å²) in [6.07, 6.45) is 9.20. The zero-order valence-corrected chi connectivity index (χ0v) is 24.7. The number of hydrogen-bond acceptors (Lipinski definition) is 12. The van der Waals surface area contributed by atoms with Gasteiger partial charge in [-0.1, -0.05) is 0 Å². The number of piperazine rings is 2. The van der Waals surface area contributed by atoms with Crippen molar-refractivity contribution in [3.05, 3.63) is 48.0 Å². The predicted octanol–water partition coefficient (Wildman–Crippen LogP) is -7.28. The molecule has 12 nitrogen and oxygen atoms in total. The molecule has 0 radical (unpaired) electrons. The van der Waals surface area contributed by atoms with Crippen LogP contribution in [0.2, 0.25) is 0 Å². The molecular weight excluding hydrogens is 530 g/mol. The van der Waals surface area contributed by atoms with Crippen molar-refractivity contribution in [2.24, 2.45) is 0 Å². The summed E-state index contributed by atoms with van der Waals surface area (Å²) in [6, 6.07) is 3.26. The van der Waals surface area contributed by atoms with Gasteiger partial charge < -0.3 is 39.1 Å². The molecule has 0 bridgehead atoms. The first kappa shape index (κ1) is 34.4. The average Bonchev–Trinajstić information content (AvgIpc) is 2.94. The predicted molar refractivity (Wildman–Crippen MR) is 143 cm³/mol. The molecule has 0 amide bonds. The van der Waals surface area contributed by atoms with Crippen molar-refractivity contribution in [1.82, 2.24) is 19.8 Å². The fourth-order valence-electron chi connectivity index (χ4n) is 5.23. The molecule has 42 heavy (non-hydrogen) atoms. The van der Waals surface area contributed by atoms with Crippen LogP contribution in [0.3, 0.4) is 0 Å². The molecule has 0 aromatic carbocycles. The van der Waals surface area contributed by atoms with Crippen LogP contribution in [0.15, 0.2) is 36.9 Å². The summed E-state index contributed by atoms with van der Waals surface area (Å²) < 4.78 is 10.9. The maximum atomic E-state index is 10.9. The summed E-state index contributed by atoms with van der Waals surface area (Å²) in [4.78, 5) is 38.8. The van der Waals surface area contributed by atoms with Gasteiger partial charge in [0.05, 0.1) is 47.9 Å². The third-order valence-electron chi connectivity index (χ3n) is 7.90. The molecule has 2 aromatic heterocycles. The van der Waals surface area contributed by atoms with Crippen LogP contribution in [0.25, 0.3) is 0 Å². The van der Waals surface area contributed by atoms with Gasteiger partial charge in [-0.2, -0.15) is 0 Å². The summed E-state index contributed by atoms with van der Waals surface area (Å²) in [5.74, 6) is -2.36. The standard InChI is InChI=1S/2C14H19N3O3.2Li/c2*18-14(19)11-7-12(9-15-8-11)17-4-2-16(3-5-17)10-13-1-6-20-13;;/h2*7-9,13H,1-6,10H2,(H,18,19);;/q;;2*+1/p-2. The number of hydrogen-bond donors (Lipinski definition) is 0. The Morgan fingerprint density at radius 3 is 1.31 bits per heavy atom. The molecule has 216 valence electrons. The Balaban J connectivity index is 0.000000220. The van der Waals surface area contributed by atoms with Crippen molar-refractivity contribution in [2.45, 2.75) is 25.0 Å². The first-order valence-electron chi connectivity index (χ1n) is 13.9. The summed E-state index contributed by atoms with van der Waals surface area (Å²) in [5, 5.41) is 21.7. The zero-order valence-electron chi connectivity index (χ0n) is 24.7. The average molecular weight is 567 g/mol. The third kappa shape index (κ3) is 9.44. The number of aromatic nitrogens is 2. The fraction of sp³-hybridized carbons (Fsp3) is 0.571. The summed E-state index contributed by atoms with van der Waals surface area (Å²) >= 11 is 0. The minimum atomic E-state index is -1.18. The fourth-order valence-corrected chi connectivity index (χ4v) is 5.23. The molecule has 4 aliphatic heterocycles. The Hall–Kier alpha value is -2.13. The van der Waals surface area contributed by atoms with E-state index in [0.29, 0.717) is 12.2 Å². The van der Waals surface area contributed by atoms with Gasteiger partial charge in [0, 0.05) is 102 Å². The van der Waals surface area contributed by atoms with Crippen LogP contribution < -0.4 is 57.7 Å². The van der Waals surface area contributed by atoms with E-state index < -0.39 is 11.9 Å². The Labute approximate surface area is 270 Å². The molecule has 2 aromatic rings. The van der Waals surface area contributed by atoms with Gasteiger partial charge in [0.2, 0.25) is 0 Å². The number of carbonyl (C=O) groups is 2. The van der Waals surface area contributed by atoms with E-state index in [1.165, 1.54) is 12.4 Å². The number of ether oxygens (including phenoxy) is 2. The smallest absolute Gasteiger partial charge is 0.545 e. The first-order chi connectivity index (χ1) is 19.4. The van der Waals surface area contributed by atoms with Crippen molar-refractivity contribution < 1.29 is 67.0 Å². The number of aromatic carboxylic acids is 2. The third-order valence-corrected chi connectivity index (χ3v) is 7.90. The maximum absolute atomic E-state index is 10.9. The largest absolute Gasteiger partial charge is 1.00 e. The van der Waals surface area contributed by atoms with Crippen LogP contribution in [-0.4, -0.2) is 123 Å². The van der Waals surface area contributed by atoms with Crippen LogP contribution in [0, 0.1) is 0 Å². The van der Waals surface area contributed by atoms with Gasteiger partial charge in [-0.3, -0.25) is 19.8 Å². The molecule has 6 rings (SSSR count). The summed E-state index contributed by atoms with van der Waals surface area (Å²) in [5.41, 5.74) is 1.97. The number of rotatable bonds is 8. The Bertz CT molecular complexity index is 1070. The van der Waals surface area contributed by atoms with Crippen LogP contribution in [0.1, 0.15) is 33.6 Å². The monoisotopic (exact) mass is 566 g/mol. The number of carboxylic acid groups (broad SMARTS) is 2. The van der Waals surface area contributed by atoms with Crippen molar-refractivity contribution in [3.8, 4) is 0 Å². The second-order valence-electron chi connectivity index (χ2n) is 10.6. The molecule has 2 unspecified atom stereocenters. The van der Waals surface area contributed by atoms with Crippen molar-refractivity contribution in [1.29, 1.82) is 0 Å². The summed E-state index contributed by atoms with van der Waals surface area (Å²) in [7, 11) is 0. The molecule has 4 saturated heterocycles. The molecular formula is C28H36Li2N6O6. The first-order valence-corrected chi connectivity index (χ1v) is 13.9. The number of pyridine rings is 2. The van der Waals surface area contributed by atoms with Gasteiger partial charge in [0.25, 0.3) is 0 Å². The molecule has 2 atom stereocenters. The van der Waals surface area contributed by atoms with E-state index in [1.807, 2.05) is 0 Å². The van der Waals surface area contributed by atoms with Crippen molar-refractivity contribution >= 4 is 23.3 Å². The van der Waals surface area contributed by atoms with Crippen LogP contribution in [-0.2, 0) is 9.47 Å². The molecule has 0 aliphatic carbocycles. The molecule has 0 N–H and O–H groups in total. The normalized spacial score (nSPS) is 22.3. The number of anilines is 2. The van der Waals surface area contributed by atoms with Gasteiger partial charge in [-0.05, 0) is 25.0 Å². The topological polar surface area (TPSA) is 137 Å². The second kappa shape index (κ2) is 16.6. The van der Waals surface area contributed by atoms with Crippen molar-refractivity contribution in [3.63, 3.8) is 0 Å². The van der Waals surface area contributed by atoms with Gasteiger partial charge >= 0.3 is 37.7 Å². The number of carbonyl (C=O) groups excluding carboxylic acids is 2. The van der Waals surface area contributed by atoms with Gasteiger partial charge in [0.1, 0.15) is 0 Å². The van der Waals surface area contributed by atoms with Crippen LogP contribution in [0.5, 0.6) is 0 Å². The van der Waals surface area contributed by atoms with E-state index in [0.717, 1.165) is 103 Å². The number of carboxylic acids is 2. The maximum Gasteiger partial charge on any atom is 1.00 e. The van der Waals surface area contributed by atoms with E-state index in [9.17, 15) is 19.8 Å². The van der Waals surface area contributed by atoms with Gasteiger partial charge in [-0.15, -0.1) is 0 Å². The SMILES string of the molecule is O=C([O-])c1cncc(N2CCN(CC3CCO3)CC2)c1.O=C([O-])c1cncc(N2CCN(CC3CCO3)CC2)c1.[Li+].[Li+]. The molecule has 4 aliphatic rings. The molecule has 6 heterocycles. The van der Waals surface area contributed by atoms with E-state index in [4.69, 9.17) is 9.47 Å². The minimum Gasteiger partial charge on any atom is -0.545 e. The molecule has 0 spiro atoms. The summed E-state index contributed by atoms with van der Waals surface area (Å²) in [6.45, 7) is 11.2. The van der Waals surface area contributed by atoms with E-state index in [-0.39, 0.29) is 48.8 Å². The Morgan fingerprint density at radius 2 is 1.02 bits per heavy atom. The van der Waals surface area contributed by atoms with Gasteiger partial charge in [-0.25, -0.2) is 0 Å². The van der Waals surface area contributed by atoms with Crippen LogP contribution in [0.4, 0.5) is 11.4 Å². The van der Waals surface area contributed by atoms with Crippen molar-refractivity contribution in [2.75, 3.05) is 88.5 Å². The van der Waals surface area contributed by atoms with E-state index in [2.05, 4.69) is 29.6 Å². The molecule has 4 fully saturated rings. The zero-order chi connectivity index (χ0) is 27.9. The molecule has 0 saturated carbocycles.